The molecular formula is C15H13N5OS3. The van der Waals surface area contributed by atoms with Crippen LogP contribution < -0.4 is 5.84 Å². The molecule has 4 aromatic heterocycles. The van der Waals surface area contributed by atoms with Gasteiger partial charge in [-0.3, -0.25) is 0 Å². The van der Waals surface area contributed by atoms with Gasteiger partial charge in [0, 0.05) is 22.1 Å². The Morgan fingerprint density at radius 1 is 1.29 bits per heavy atom. The van der Waals surface area contributed by atoms with Gasteiger partial charge in [0.1, 0.15) is 10.8 Å². The number of hydrogen-bond acceptors (Lipinski definition) is 8. The Labute approximate surface area is 150 Å². The number of thiophene rings is 1. The minimum absolute atomic E-state index is 0.598. The van der Waals surface area contributed by atoms with Crippen molar-refractivity contribution in [2.75, 3.05) is 5.84 Å². The van der Waals surface area contributed by atoms with Crippen LogP contribution in [0.25, 0.3) is 22.0 Å². The number of rotatable bonds is 5. The van der Waals surface area contributed by atoms with Gasteiger partial charge in [0.05, 0.1) is 17.5 Å². The first-order valence-corrected chi connectivity index (χ1v) is 9.88. The summed E-state index contributed by atoms with van der Waals surface area (Å²) < 4.78 is 6.79. The number of hydrogen-bond donors (Lipinski definition) is 1. The van der Waals surface area contributed by atoms with E-state index in [1.54, 1.807) is 28.9 Å². The summed E-state index contributed by atoms with van der Waals surface area (Å²) in [5.74, 6) is 8.18. The van der Waals surface area contributed by atoms with Crippen molar-refractivity contribution in [1.82, 2.24) is 19.9 Å². The predicted octanol–water partition coefficient (Wildman–Crippen LogP) is 4.04. The molecule has 0 aliphatic rings. The number of thioether (sulfide) groups is 1. The summed E-state index contributed by atoms with van der Waals surface area (Å²) >= 11 is 4.84. The molecule has 24 heavy (non-hydrogen) atoms. The molecule has 0 fully saturated rings. The second-order valence-corrected chi connectivity index (χ2v) is 7.59. The summed E-state index contributed by atoms with van der Waals surface area (Å²) in [6.07, 6.45) is 1.62. The van der Waals surface area contributed by atoms with Crippen molar-refractivity contribution >= 4 is 34.4 Å². The van der Waals surface area contributed by atoms with Gasteiger partial charge in [-0.1, -0.05) is 11.8 Å². The number of nitrogen functional groups attached to an aromatic ring is 1. The molecule has 122 valence electrons. The van der Waals surface area contributed by atoms with E-state index in [-0.39, 0.29) is 0 Å². The third-order valence-electron chi connectivity index (χ3n) is 3.43. The fraction of sp³-hybridized carbons (Fsp3) is 0.133. The zero-order chi connectivity index (χ0) is 16.5. The van der Waals surface area contributed by atoms with E-state index in [1.165, 1.54) is 22.0 Å². The Bertz CT molecular complexity index is 954. The molecule has 0 spiro atoms. The highest BCUT2D eigenvalue weighted by atomic mass is 32.2. The molecule has 0 aliphatic carbocycles. The molecule has 0 radical (unpaired) electrons. The van der Waals surface area contributed by atoms with Gasteiger partial charge in [0.2, 0.25) is 5.16 Å². The zero-order valence-corrected chi connectivity index (χ0v) is 15.1. The third kappa shape index (κ3) is 2.85. The van der Waals surface area contributed by atoms with E-state index < -0.39 is 0 Å². The predicted molar refractivity (Wildman–Crippen MR) is 97.6 cm³/mol. The fourth-order valence-electron chi connectivity index (χ4n) is 2.21. The van der Waals surface area contributed by atoms with E-state index in [0.29, 0.717) is 16.7 Å². The maximum Gasteiger partial charge on any atom is 0.210 e. The molecule has 0 bridgehead atoms. The van der Waals surface area contributed by atoms with Crippen molar-refractivity contribution in [3.63, 3.8) is 0 Å². The summed E-state index contributed by atoms with van der Waals surface area (Å²) in [6, 6.07) is 3.92. The van der Waals surface area contributed by atoms with Crippen LogP contribution >= 0.6 is 34.4 Å². The summed E-state index contributed by atoms with van der Waals surface area (Å²) in [6.45, 7) is 1.87. The summed E-state index contributed by atoms with van der Waals surface area (Å²) in [5.41, 5.74) is 3.03. The molecular weight excluding hydrogens is 362 g/mol. The van der Waals surface area contributed by atoms with Gasteiger partial charge >= 0.3 is 0 Å². The average molecular weight is 376 g/mol. The maximum atomic E-state index is 6.12. The van der Waals surface area contributed by atoms with Crippen LogP contribution in [-0.4, -0.2) is 19.9 Å². The minimum Gasteiger partial charge on any atom is -0.469 e. The summed E-state index contributed by atoms with van der Waals surface area (Å²) in [7, 11) is 0. The van der Waals surface area contributed by atoms with E-state index in [4.69, 9.17) is 10.3 Å². The van der Waals surface area contributed by atoms with Crippen LogP contribution in [0.15, 0.2) is 44.1 Å². The molecule has 9 heteroatoms. The monoisotopic (exact) mass is 375 g/mol. The van der Waals surface area contributed by atoms with Crippen LogP contribution in [-0.2, 0) is 5.75 Å². The summed E-state index contributed by atoms with van der Waals surface area (Å²) in [5, 5.41) is 16.3. The van der Waals surface area contributed by atoms with Crippen LogP contribution in [0.2, 0.25) is 0 Å². The Hall–Kier alpha value is -2.10. The van der Waals surface area contributed by atoms with Crippen molar-refractivity contribution in [2.45, 2.75) is 17.8 Å². The lowest BCUT2D eigenvalue weighted by Crippen LogP contribution is -2.11. The normalized spacial score (nSPS) is 11.2. The highest BCUT2D eigenvalue weighted by Gasteiger charge is 2.16. The van der Waals surface area contributed by atoms with E-state index >= 15 is 0 Å². The molecule has 0 aromatic carbocycles. The highest BCUT2D eigenvalue weighted by Crippen LogP contribution is 2.30. The Balaban J connectivity index is 1.49. The number of thiazole rings is 1. The average Bonchev–Trinajstić information content (AvgIpc) is 3.33. The molecule has 6 nitrogen and oxygen atoms in total. The Kier molecular flexibility index (Phi) is 4.13. The van der Waals surface area contributed by atoms with Gasteiger partial charge in [-0.05, 0) is 24.4 Å². The number of nitrogens with zero attached hydrogens (tertiary/aromatic N) is 4. The molecule has 0 saturated heterocycles. The summed E-state index contributed by atoms with van der Waals surface area (Å²) in [4.78, 5) is 4.66. The van der Waals surface area contributed by atoms with Gasteiger partial charge in [-0.15, -0.1) is 21.5 Å². The van der Waals surface area contributed by atoms with Gasteiger partial charge < -0.3 is 10.3 Å². The Morgan fingerprint density at radius 2 is 2.21 bits per heavy atom. The molecule has 0 saturated carbocycles. The molecule has 4 heterocycles. The largest absolute Gasteiger partial charge is 0.469 e. The molecule has 4 aromatic rings. The first-order chi connectivity index (χ1) is 11.7. The lowest BCUT2D eigenvalue weighted by atomic mass is 10.2. The van der Waals surface area contributed by atoms with Crippen LogP contribution in [0.4, 0.5) is 0 Å². The van der Waals surface area contributed by atoms with Gasteiger partial charge in [-0.25, -0.2) is 9.66 Å². The Morgan fingerprint density at radius 3 is 2.96 bits per heavy atom. The van der Waals surface area contributed by atoms with Gasteiger partial charge in [-0.2, -0.15) is 11.3 Å². The van der Waals surface area contributed by atoms with E-state index in [0.717, 1.165) is 22.0 Å². The van der Waals surface area contributed by atoms with Crippen LogP contribution in [0.3, 0.4) is 0 Å². The topological polar surface area (TPSA) is 82.8 Å². The van der Waals surface area contributed by atoms with Gasteiger partial charge in [0.25, 0.3) is 0 Å². The second-order valence-electron chi connectivity index (χ2n) is 5.01. The minimum atomic E-state index is 0.598. The van der Waals surface area contributed by atoms with Crippen molar-refractivity contribution in [2.24, 2.45) is 0 Å². The molecule has 0 amide bonds. The van der Waals surface area contributed by atoms with Crippen LogP contribution in [0.1, 0.15) is 11.5 Å². The molecule has 0 atom stereocenters. The number of furan rings is 1. The van der Waals surface area contributed by atoms with Gasteiger partial charge in [0.15, 0.2) is 5.82 Å². The van der Waals surface area contributed by atoms with Crippen molar-refractivity contribution < 1.29 is 4.42 Å². The third-order valence-corrected chi connectivity index (χ3v) is 6.03. The lowest BCUT2D eigenvalue weighted by Gasteiger charge is -2.01. The van der Waals surface area contributed by atoms with Crippen molar-refractivity contribution in [3.8, 4) is 22.0 Å². The molecule has 4 rings (SSSR count). The smallest absolute Gasteiger partial charge is 0.210 e. The van der Waals surface area contributed by atoms with Crippen LogP contribution in [0, 0.1) is 6.92 Å². The SMILES string of the molecule is Cc1occc1-c1nnc(SCc2csc(-c3ccsc3)n2)n1N. The molecule has 0 aliphatic heterocycles. The zero-order valence-electron chi connectivity index (χ0n) is 12.7. The molecule has 2 N–H and O–H groups in total. The number of aryl methyl sites for hydroxylation is 1. The second kappa shape index (κ2) is 6.42. The van der Waals surface area contributed by atoms with E-state index in [1.807, 2.05) is 13.0 Å². The maximum absolute atomic E-state index is 6.12. The van der Waals surface area contributed by atoms with Crippen molar-refractivity contribution in [1.29, 1.82) is 0 Å². The number of nitrogens with two attached hydrogens (primary N) is 1. The van der Waals surface area contributed by atoms with E-state index in [2.05, 4.69) is 37.4 Å². The quantitative estimate of drug-likeness (QED) is 0.419. The molecule has 0 unspecified atom stereocenters. The van der Waals surface area contributed by atoms with Crippen LogP contribution in [0.5, 0.6) is 0 Å². The standard InChI is InChI=1S/C15H13N5OS3/c1-9-12(2-4-21-9)13-18-19-15(20(13)16)24-8-11-7-23-14(17-11)10-3-5-22-6-10/h2-7H,8,16H2,1H3. The van der Waals surface area contributed by atoms with Crippen molar-refractivity contribution in [3.05, 3.63) is 46.0 Å². The fourth-order valence-corrected chi connectivity index (χ4v) is 4.59. The first kappa shape index (κ1) is 15.4. The lowest BCUT2D eigenvalue weighted by molar-refractivity contribution is 0.535. The van der Waals surface area contributed by atoms with E-state index in [9.17, 15) is 0 Å². The first-order valence-electron chi connectivity index (χ1n) is 7.07. The highest BCUT2D eigenvalue weighted by molar-refractivity contribution is 7.98. The number of aromatic nitrogens is 4.